The lowest BCUT2D eigenvalue weighted by atomic mass is 9.70. The number of likely N-dealkylation sites (N-methyl/N-ethyl adjacent to an activating group) is 1. The fourth-order valence-electron chi connectivity index (χ4n) is 7.92. The number of hydrogen-bond donors (Lipinski definition) is 1. The van der Waals surface area contributed by atoms with Gasteiger partial charge in [0.25, 0.3) is 0 Å². The molecule has 3 fully saturated rings. The molecule has 3 saturated heterocycles. The van der Waals surface area contributed by atoms with E-state index in [9.17, 15) is 24.3 Å². The first-order chi connectivity index (χ1) is 23.4. The van der Waals surface area contributed by atoms with Crippen LogP contribution in [0.4, 0.5) is 0 Å². The van der Waals surface area contributed by atoms with Crippen molar-refractivity contribution in [2.24, 2.45) is 17.8 Å². The molecule has 1 unspecified atom stereocenters. The van der Waals surface area contributed by atoms with Gasteiger partial charge in [0.05, 0.1) is 36.6 Å². The third kappa shape index (κ3) is 7.69. The average molecular weight is 745 g/mol. The largest absolute Gasteiger partial charge is 0.455 e. The van der Waals surface area contributed by atoms with Crippen LogP contribution in [0.5, 0.6) is 0 Å². The third-order valence-corrected chi connectivity index (χ3v) is 11.2. The van der Waals surface area contributed by atoms with Crippen LogP contribution < -0.4 is 0 Å². The Morgan fingerprint density at radius 1 is 1.18 bits per heavy atom. The van der Waals surface area contributed by atoms with Crippen LogP contribution in [-0.4, -0.2) is 105 Å². The summed E-state index contributed by atoms with van der Waals surface area (Å²) in [5.41, 5.74) is -0.584. The Balaban J connectivity index is 1.75. The van der Waals surface area contributed by atoms with E-state index in [-0.39, 0.29) is 41.5 Å². The van der Waals surface area contributed by atoms with E-state index in [4.69, 9.17) is 9.47 Å². The molecule has 0 aromatic heterocycles. The standard InChI is InChI=1S/C38H54BrN3O7/c1-8-11-18-29(44)40(7)25(6)32(26-16-14-13-15-17-26)48-37(47)30-31-35(45)42(27(23-43)21-24(4)5)34(38(31)22-28(39)33(30)49-38)36(46)41(19-10-3)20-12-9-2/h8,10,13-17,24-25,27-28,30-34,43H,1,3,9,11-12,18-23H2,2,4-7H3/t25-,27+,28?,30+,31-,32+,33+,34+,38-/m0/s1. The molecule has 9 atom stereocenters. The molecule has 1 aromatic carbocycles. The maximum absolute atomic E-state index is 14.7. The number of carbonyl (C=O) groups is 4. The highest BCUT2D eigenvalue weighted by Gasteiger charge is 2.77. The molecule has 3 aliphatic rings. The summed E-state index contributed by atoms with van der Waals surface area (Å²) in [5.74, 6) is -3.23. The van der Waals surface area contributed by atoms with Crippen molar-refractivity contribution in [3.05, 3.63) is 61.2 Å². The predicted octanol–water partition coefficient (Wildman–Crippen LogP) is 5.05. The summed E-state index contributed by atoms with van der Waals surface area (Å²) in [4.78, 5) is 61.4. The fourth-order valence-corrected chi connectivity index (χ4v) is 8.87. The Labute approximate surface area is 300 Å². The molecular weight excluding hydrogens is 690 g/mol. The number of amides is 3. The smallest absolute Gasteiger partial charge is 0.313 e. The first-order valence-electron chi connectivity index (χ1n) is 17.6. The lowest BCUT2D eigenvalue weighted by Gasteiger charge is -2.40. The Kier molecular flexibility index (Phi) is 13.3. The fraction of sp³-hybridized carbons (Fsp3) is 0.632. The highest BCUT2D eigenvalue weighted by Crippen LogP contribution is 2.61. The molecule has 4 rings (SSSR count). The van der Waals surface area contributed by atoms with Crippen LogP contribution in [0, 0.1) is 17.8 Å². The van der Waals surface area contributed by atoms with E-state index in [1.165, 1.54) is 4.90 Å². The number of aliphatic hydroxyl groups is 1. The van der Waals surface area contributed by atoms with Crippen molar-refractivity contribution in [1.29, 1.82) is 0 Å². The molecule has 0 radical (unpaired) electrons. The lowest BCUT2D eigenvalue weighted by molar-refractivity contribution is -0.165. The summed E-state index contributed by atoms with van der Waals surface area (Å²) in [5, 5.41) is 10.6. The molecule has 3 aliphatic heterocycles. The second-order valence-electron chi connectivity index (χ2n) is 14.1. The van der Waals surface area contributed by atoms with Crippen molar-refractivity contribution < 1.29 is 33.8 Å². The number of nitrogens with zero attached hydrogens (tertiary/aromatic N) is 3. The van der Waals surface area contributed by atoms with Crippen molar-refractivity contribution in [3.63, 3.8) is 0 Å². The lowest BCUT2D eigenvalue weighted by Crippen LogP contribution is -2.59. The van der Waals surface area contributed by atoms with Gasteiger partial charge < -0.3 is 29.3 Å². The number of hydrogen-bond acceptors (Lipinski definition) is 7. The monoisotopic (exact) mass is 743 g/mol. The van der Waals surface area contributed by atoms with Gasteiger partial charge in [-0.05, 0) is 44.1 Å². The van der Waals surface area contributed by atoms with Crippen LogP contribution >= 0.6 is 15.9 Å². The topological polar surface area (TPSA) is 117 Å². The SMILES string of the molecule is C=CCCC(=O)N(C)[C@@H](C)[C@@H](OC(=O)[C@H]1[C@@H]2O[C@@]3(CC2Br)[C@@H]1C(=O)N([C@@H](CO)CC(C)C)[C@@H]3C(=O)N(CC=C)CCCC)c1ccccc1. The van der Waals surface area contributed by atoms with E-state index in [1.54, 1.807) is 29.0 Å². The quantitative estimate of drug-likeness (QED) is 0.127. The molecular formula is C38H54BrN3O7. The minimum absolute atomic E-state index is 0.109. The van der Waals surface area contributed by atoms with E-state index in [0.29, 0.717) is 37.9 Å². The molecule has 1 N–H and O–H groups in total. The molecule has 11 heteroatoms. The van der Waals surface area contributed by atoms with Gasteiger partial charge in [-0.3, -0.25) is 19.2 Å². The summed E-state index contributed by atoms with van der Waals surface area (Å²) in [7, 11) is 1.69. The van der Waals surface area contributed by atoms with Crippen molar-refractivity contribution in [2.45, 2.75) is 107 Å². The van der Waals surface area contributed by atoms with Crippen LogP contribution in [0.25, 0.3) is 0 Å². The number of halogens is 1. The zero-order chi connectivity index (χ0) is 36.0. The summed E-state index contributed by atoms with van der Waals surface area (Å²) >= 11 is 3.75. The van der Waals surface area contributed by atoms with Crippen molar-refractivity contribution in [1.82, 2.24) is 14.7 Å². The van der Waals surface area contributed by atoms with E-state index >= 15 is 0 Å². The minimum Gasteiger partial charge on any atom is -0.455 e. The maximum atomic E-state index is 14.7. The zero-order valence-electron chi connectivity index (χ0n) is 29.6. The number of unbranched alkanes of at least 4 members (excludes halogenated alkanes) is 1. The van der Waals surface area contributed by atoms with Crippen LogP contribution in [0.15, 0.2) is 55.6 Å². The van der Waals surface area contributed by atoms with Gasteiger partial charge >= 0.3 is 5.97 Å². The van der Waals surface area contributed by atoms with Crippen LogP contribution in [0.2, 0.25) is 0 Å². The van der Waals surface area contributed by atoms with Crippen LogP contribution in [-0.2, 0) is 28.7 Å². The maximum Gasteiger partial charge on any atom is 0.313 e. The molecule has 10 nitrogen and oxygen atoms in total. The van der Waals surface area contributed by atoms with Crippen molar-refractivity contribution >= 4 is 39.6 Å². The van der Waals surface area contributed by atoms with Gasteiger partial charge in [0.1, 0.15) is 17.7 Å². The van der Waals surface area contributed by atoms with Crippen LogP contribution in [0.1, 0.15) is 77.9 Å². The Bertz CT molecular complexity index is 1360. The van der Waals surface area contributed by atoms with Gasteiger partial charge in [-0.2, -0.15) is 0 Å². The normalized spacial score (nSPS) is 27.4. The molecule has 2 bridgehead atoms. The van der Waals surface area contributed by atoms with E-state index in [2.05, 4.69) is 29.1 Å². The van der Waals surface area contributed by atoms with E-state index < -0.39 is 53.7 Å². The van der Waals surface area contributed by atoms with Gasteiger partial charge in [-0.1, -0.05) is 85.6 Å². The Morgan fingerprint density at radius 2 is 1.88 bits per heavy atom. The zero-order valence-corrected chi connectivity index (χ0v) is 31.2. The molecule has 270 valence electrons. The van der Waals surface area contributed by atoms with Gasteiger partial charge in [0.15, 0.2) is 0 Å². The molecule has 1 aromatic rings. The van der Waals surface area contributed by atoms with Gasteiger partial charge in [0.2, 0.25) is 17.7 Å². The first-order valence-corrected chi connectivity index (χ1v) is 18.6. The number of esters is 1. The number of rotatable bonds is 18. The number of likely N-dealkylation sites (tertiary alicyclic amines) is 1. The van der Waals surface area contributed by atoms with Crippen LogP contribution in [0.3, 0.4) is 0 Å². The molecule has 0 saturated carbocycles. The number of benzene rings is 1. The summed E-state index contributed by atoms with van der Waals surface area (Å²) in [6.07, 6.45) is 5.09. The second-order valence-corrected chi connectivity index (χ2v) is 15.3. The Hall–Kier alpha value is -3.02. The average Bonchev–Trinajstić information content (AvgIpc) is 3.69. The van der Waals surface area contributed by atoms with E-state index in [1.807, 2.05) is 58.0 Å². The summed E-state index contributed by atoms with van der Waals surface area (Å²) < 4.78 is 13.1. The van der Waals surface area contributed by atoms with Gasteiger partial charge in [-0.25, -0.2) is 0 Å². The molecule has 0 aliphatic carbocycles. The van der Waals surface area contributed by atoms with Crippen molar-refractivity contribution in [3.8, 4) is 0 Å². The second kappa shape index (κ2) is 16.8. The number of alkyl halides is 1. The third-order valence-electron chi connectivity index (χ3n) is 10.4. The van der Waals surface area contributed by atoms with Gasteiger partial charge in [0, 0.05) is 31.4 Å². The Morgan fingerprint density at radius 3 is 2.47 bits per heavy atom. The summed E-state index contributed by atoms with van der Waals surface area (Å²) in [6.45, 7) is 15.9. The number of allylic oxidation sites excluding steroid dienone is 1. The molecule has 1 spiro atoms. The number of carbonyl (C=O) groups excluding carboxylic acids is 4. The molecule has 3 amide bonds. The first kappa shape index (κ1) is 38.8. The van der Waals surface area contributed by atoms with Crippen molar-refractivity contribution in [2.75, 3.05) is 26.7 Å². The minimum atomic E-state index is -1.29. The van der Waals surface area contributed by atoms with E-state index in [0.717, 1.165) is 12.8 Å². The van der Waals surface area contributed by atoms with Gasteiger partial charge in [-0.15, -0.1) is 13.2 Å². The summed E-state index contributed by atoms with van der Waals surface area (Å²) in [6, 6.07) is 7.05. The predicted molar refractivity (Wildman–Crippen MR) is 192 cm³/mol. The highest BCUT2D eigenvalue weighted by atomic mass is 79.9. The molecule has 49 heavy (non-hydrogen) atoms. The number of aliphatic hydroxyl groups excluding tert-OH is 1. The highest BCUT2D eigenvalue weighted by molar-refractivity contribution is 9.09. The number of fused-ring (bicyclic) bond motifs is 1. The number of ether oxygens (including phenoxy) is 2. The molecule has 3 heterocycles.